The monoisotopic (exact) mass is 246 g/mol. The quantitative estimate of drug-likeness (QED) is 0.772. The molecular formula is C13H18N4O. The number of carbonyl (C=O) groups excluding carboxylic acids is 1. The maximum absolute atomic E-state index is 11.8. The zero-order valence-electron chi connectivity index (χ0n) is 10.8. The molecule has 1 atom stereocenters. The Morgan fingerprint density at radius 1 is 1.44 bits per heavy atom. The van der Waals surface area contributed by atoms with Crippen molar-refractivity contribution in [1.29, 1.82) is 0 Å². The van der Waals surface area contributed by atoms with Crippen molar-refractivity contribution in [3.8, 4) is 0 Å². The molecule has 0 spiro atoms. The number of aromatic nitrogens is 2. The first-order valence-electron chi connectivity index (χ1n) is 6.00. The van der Waals surface area contributed by atoms with E-state index in [1.165, 1.54) is 0 Å². The van der Waals surface area contributed by atoms with Gasteiger partial charge in [0.25, 0.3) is 0 Å². The second-order valence-electron chi connectivity index (χ2n) is 4.81. The van der Waals surface area contributed by atoms with Crippen LogP contribution in [0.2, 0.25) is 0 Å². The van der Waals surface area contributed by atoms with Gasteiger partial charge >= 0.3 is 0 Å². The van der Waals surface area contributed by atoms with E-state index in [0.29, 0.717) is 0 Å². The molecule has 1 heterocycles. The second kappa shape index (κ2) is 4.78. The van der Waals surface area contributed by atoms with Crippen molar-refractivity contribution in [1.82, 2.24) is 9.97 Å². The van der Waals surface area contributed by atoms with E-state index >= 15 is 0 Å². The number of amides is 1. The molecule has 2 aromatic rings. The van der Waals surface area contributed by atoms with E-state index in [0.717, 1.165) is 22.5 Å². The number of fused-ring (bicyclic) bond motifs is 1. The minimum Gasteiger partial charge on any atom is -0.342 e. The average Bonchev–Trinajstić information content (AvgIpc) is 2.67. The molecule has 4 N–H and O–H groups in total. The van der Waals surface area contributed by atoms with Gasteiger partial charge in [0.05, 0.1) is 17.1 Å². The summed E-state index contributed by atoms with van der Waals surface area (Å²) in [6.45, 7) is 5.74. The molecule has 1 amide bonds. The van der Waals surface area contributed by atoms with Crippen LogP contribution < -0.4 is 11.1 Å². The van der Waals surface area contributed by atoms with Gasteiger partial charge < -0.3 is 16.0 Å². The summed E-state index contributed by atoms with van der Waals surface area (Å²) in [5.41, 5.74) is 8.31. The summed E-state index contributed by atoms with van der Waals surface area (Å²) in [5.74, 6) is 0.802. The van der Waals surface area contributed by atoms with Crippen molar-refractivity contribution in [2.45, 2.75) is 26.8 Å². The fourth-order valence-electron chi connectivity index (χ4n) is 1.74. The lowest BCUT2D eigenvalue weighted by molar-refractivity contribution is -0.118. The molecule has 2 rings (SSSR count). The van der Waals surface area contributed by atoms with Crippen LogP contribution in [0.25, 0.3) is 11.0 Å². The number of H-pyrrole nitrogens is 1. The molecule has 0 saturated carbocycles. The molecule has 5 nitrogen and oxygen atoms in total. The zero-order valence-corrected chi connectivity index (χ0v) is 10.8. The van der Waals surface area contributed by atoms with E-state index in [2.05, 4.69) is 15.3 Å². The Balaban J connectivity index is 2.19. The van der Waals surface area contributed by atoms with Gasteiger partial charge in [-0.25, -0.2) is 4.98 Å². The highest BCUT2D eigenvalue weighted by atomic mass is 16.2. The summed E-state index contributed by atoms with van der Waals surface area (Å²) < 4.78 is 0. The molecule has 0 fully saturated rings. The molecule has 0 bridgehead atoms. The Morgan fingerprint density at radius 3 is 2.83 bits per heavy atom. The standard InChI is InChI=1S/C13H18N4O/c1-7(2)12(14)13(18)17-9-4-5-10-11(6-9)16-8(3)15-10/h4-7,12H,14H2,1-3H3,(H,15,16)(H,17,18)/t12-/m1/s1. The van der Waals surface area contributed by atoms with Crippen molar-refractivity contribution in [3.05, 3.63) is 24.0 Å². The topological polar surface area (TPSA) is 83.8 Å². The van der Waals surface area contributed by atoms with Crippen LogP contribution >= 0.6 is 0 Å². The van der Waals surface area contributed by atoms with E-state index in [1.54, 1.807) is 0 Å². The number of hydrogen-bond donors (Lipinski definition) is 3. The number of nitrogens with two attached hydrogens (primary N) is 1. The fourth-order valence-corrected chi connectivity index (χ4v) is 1.74. The van der Waals surface area contributed by atoms with Gasteiger partial charge in [0.2, 0.25) is 5.91 Å². The van der Waals surface area contributed by atoms with Gasteiger partial charge in [0.15, 0.2) is 0 Å². The molecule has 96 valence electrons. The third-order valence-corrected chi connectivity index (χ3v) is 2.89. The van der Waals surface area contributed by atoms with Crippen LogP contribution in [-0.4, -0.2) is 21.9 Å². The number of nitrogens with one attached hydrogen (secondary N) is 2. The molecule has 0 aliphatic heterocycles. The molecule has 0 radical (unpaired) electrons. The number of anilines is 1. The molecule has 1 aromatic carbocycles. The van der Waals surface area contributed by atoms with Gasteiger partial charge in [-0.15, -0.1) is 0 Å². The first kappa shape index (κ1) is 12.6. The third-order valence-electron chi connectivity index (χ3n) is 2.89. The number of hydrogen-bond acceptors (Lipinski definition) is 3. The minimum atomic E-state index is -0.496. The van der Waals surface area contributed by atoms with E-state index in [4.69, 9.17) is 5.73 Å². The van der Waals surface area contributed by atoms with Gasteiger partial charge in [-0.1, -0.05) is 13.8 Å². The normalized spacial score (nSPS) is 12.9. The maximum Gasteiger partial charge on any atom is 0.241 e. The summed E-state index contributed by atoms with van der Waals surface area (Å²) in [4.78, 5) is 19.3. The highest BCUT2D eigenvalue weighted by Crippen LogP contribution is 2.17. The number of carbonyl (C=O) groups is 1. The highest BCUT2D eigenvalue weighted by molar-refractivity contribution is 5.96. The average molecular weight is 246 g/mol. The van der Waals surface area contributed by atoms with Gasteiger partial charge in [-0.3, -0.25) is 4.79 Å². The van der Waals surface area contributed by atoms with E-state index in [1.807, 2.05) is 39.0 Å². The van der Waals surface area contributed by atoms with Crippen LogP contribution in [0.3, 0.4) is 0 Å². The Labute approximate surface area is 106 Å². The molecule has 1 aromatic heterocycles. The lowest BCUT2D eigenvalue weighted by atomic mass is 10.0. The largest absolute Gasteiger partial charge is 0.342 e. The zero-order chi connectivity index (χ0) is 13.3. The highest BCUT2D eigenvalue weighted by Gasteiger charge is 2.17. The first-order chi connectivity index (χ1) is 8.47. The lowest BCUT2D eigenvalue weighted by Crippen LogP contribution is -2.39. The van der Waals surface area contributed by atoms with Crippen LogP contribution in [0.15, 0.2) is 18.2 Å². The van der Waals surface area contributed by atoms with Gasteiger partial charge in [0, 0.05) is 5.69 Å². The SMILES string of the molecule is Cc1nc2ccc(NC(=O)[C@H](N)C(C)C)cc2[nH]1. The van der Waals surface area contributed by atoms with Crippen molar-refractivity contribution >= 4 is 22.6 Å². The van der Waals surface area contributed by atoms with Crippen molar-refractivity contribution in [3.63, 3.8) is 0 Å². The van der Waals surface area contributed by atoms with Crippen molar-refractivity contribution in [2.75, 3.05) is 5.32 Å². The molecule has 0 aliphatic rings. The molecular weight excluding hydrogens is 228 g/mol. The number of rotatable bonds is 3. The number of benzene rings is 1. The van der Waals surface area contributed by atoms with Gasteiger partial charge in [-0.05, 0) is 31.0 Å². The summed E-state index contributed by atoms with van der Waals surface area (Å²) in [5, 5.41) is 2.81. The van der Waals surface area contributed by atoms with Crippen molar-refractivity contribution < 1.29 is 4.79 Å². The summed E-state index contributed by atoms with van der Waals surface area (Å²) in [6, 6.07) is 5.06. The minimum absolute atomic E-state index is 0.114. The van der Waals surface area contributed by atoms with Crippen LogP contribution in [0.4, 0.5) is 5.69 Å². The number of nitrogens with zero attached hydrogens (tertiary/aromatic N) is 1. The summed E-state index contributed by atoms with van der Waals surface area (Å²) >= 11 is 0. The fraction of sp³-hybridized carbons (Fsp3) is 0.385. The number of aromatic amines is 1. The Hall–Kier alpha value is -1.88. The third kappa shape index (κ3) is 2.51. The van der Waals surface area contributed by atoms with Crippen LogP contribution in [-0.2, 0) is 4.79 Å². The van der Waals surface area contributed by atoms with Gasteiger partial charge in [0.1, 0.15) is 5.82 Å². The lowest BCUT2D eigenvalue weighted by Gasteiger charge is -2.15. The van der Waals surface area contributed by atoms with Gasteiger partial charge in [-0.2, -0.15) is 0 Å². The van der Waals surface area contributed by atoms with Crippen LogP contribution in [0.5, 0.6) is 0 Å². The first-order valence-corrected chi connectivity index (χ1v) is 6.00. The Kier molecular flexibility index (Phi) is 3.34. The number of imidazole rings is 1. The van der Waals surface area contributed by atoms with E-state index < -0.39 is 6.04 Å². The summed E-state index contributed by atoms with van der Waals surface area (Å²) in [7, 11) is 0. The van der Waals surface area contributed by atoms with Crippen LogP contribution in [0, 0.1) is 12.8 Å². The molecule has 18 heavy (non-hydrogen) atoms. The Bertz CT molecular complexity index is 573. The molecule has 0 saturated heterocycles. The molecule has 0 aliphatic carbocycles. The second-order valence-corrected chi connectivity index (χ2v) is 4.81. The van der Waals surface area contributed by atoms with E-state index in [9.17, 15) is 4.79 Å². The maximum atomic E-state index is 11.8. The van der Waals surface area contributed by atoms with E-state index in [-0.39, 0.29) is 11.8 Å². The van der Waals surface area contributed by atoms with Crippen LogP contribution in [0.1, 0.15) is 19.7 Å². The predicted octanol–water partition coefficient (Wildman–Crippen LogP) is 1.79. The number of aryl methyl sites for hydroxylation is 1. The molecule has 0 unspecified atom stereocenters. The van der Waals surface area contributed by atoms with Crippen molar-refractivity contribution in [2.24, 2.45) is 11.7 Å². The summed E-state index contributed by atoms with van der Waals surface area (Å²) in [6.07, 6.45) is 0. The molecule has 5 heteroatoms. The smallest absolute Gasteiger partial charge is 0.241 e. The predicted molar refractivity (Wildman–Crippen MR) is 72.3 cm³/mol. The Morgan fingerprint density at radius 2 is 2.17 bits per heavy atom.